The summed E-state index contributed by atoms with van der Waals surface area (Å²) in [5.41, 5.74) is 0.515. The van der Waals surface area contributed by atoms with Gasteiger partial charge in [-0.25, -0.2) is 4.39 Å². The van der Waals surface area contributed by atoms with Gasteiger partial charge in [0.25, 0.3) is 5.91 Å². The molecule has 0 fully saturated rings. The average Bonchev–Trinajstić information content (AvgIpc) is 2.34. The molecular weight excluding hydrogens is 235 g/mol. The second-order valence-corrected chi connectivity index (χ2v) is 3.84. The van der Waals surface area contributed by atoms with Gasteiger partial charge in [0.15, 0.2) is 5.43 Å². The molecular formula is C13H11FN2O2. The highest BCUT2D eigenvalue weighted by atomic mass is 19.1. The molecule has 0 atom stereocenters. The molecule has 0 aliphatic carbocycles. The normalized spacial score (nSPS) is 10.1. The Kier molecular flexibility index (Phi) is 3.23. The molecule has 92 valence electrons. The topological polar surface area (TPSA) is 62.0 Å². The van der Waals surface area contributed by atoms with Gasteiger partial charge in [0.1, 0.15) is 11.4 Å². The monoisotopic (exact) mass is 246 g/mol. The van der Waals surface area contributed by atoms with Crippen LogP contribution < -0.4 is 10.7 Å². The van der Waals surface area contributed by atoms with Gasteiger partial charge in [0, 0.05) is 24.1 Å². The highest BCUT2D eigenvalue weighted by Crippen LogP contribution is 2.14. The maximum Gasteiger partial charge on any atom is 0.261 e. The fourth-order valence-corrected chi connectivity index (χ4v) is 1.51. The molecule has 5 heteroatoms. The van der Waals surface area contributed by atoms with Crippen LogP contribution in [-0.4, -0.2) is 10.9 Å². The second-order valence-electron chi connectivity index (χ2n) is 3.84. The number of anilines is 1. The van der Waals surface area contributed by atoms with E-state index in [4.69, 9.17) is 0 Å². The molecule has 4 nitrogen and oxygen atoms in total. The molecule has 0 aliphatic heterocycles. The largest absolute Gasteiger partial charge is 0.367 e. The lowest BCUT2D eigenvalue weighted by molar-refractivity contribution is 0.102. The van der Waals surface area contributed by atoms with Gasteiger partial charge in [-0.1, -0.05) is 0 Å². The number of halogens is 1. The number of benzene rings is 1. The van der Waals surface area contributed by atoms with E-state index in [0.717, 1.165) is 0 Å². The van der Waals surface area contributed by atoms with Crippen LogP contribution in [0.25, 0.3) is 0 Å². The summed E-state index contributed by atoms with van der Waals surface area (Å²) in [5.74, 6) is -0.867. The number of hydrogen-bond acceptors (Lipinski definition) is 2. The van der Waals surface area contributed by atoms with Crippen molar-refractivity contribution in [2.24, 2.45) is 0 Å². The number of rotatable bonds is 2. The van der Waals surface area contributed by atoms with E-state index in [2.05, 4.69) is 10.3 Å². The lowest BCUT2D eigenvalue weighted by Gasteiger charge is -2.05. The van der Waals surface area contributed by atoms with Gasteiger partial charge in [0.05, 0.1) is 0 Å². The molecule has 2 rings (SSSR count). The van der Waals surface area contributed by atoms with Gasteiger partial charge in [0.2, 0.25) is 0 Å². The van der Waals surface area contributed by atoms with Crippen molar-refractivity contribution in [3.8, 4) is 0 Å². The minimum absolute atomic E-state index is 0.0134. The van der Waals surface area contributed by atoms with Crippen LogP contribution >= 0.6 is 0 Å². The smallest absolute Gasteiger partial charge is 0.261 e. The number of carbonyl (C=O) groups excluding carboxylic acids is 1. The van der Waals surface area contributed by atoms with Gasteiger partial charge in [-0.15, -0.1) is 0 Å². The van der Waals surface area contributed by atoms with Gasteiger partial charge in [-0.2, -0.15) is 0 Å². The van der Waals surface area contributed by atoms with Crippen molar-refractivity contribution in [2.45, 2.75) is 6.92 Å². The summed E-state index contributed by atoms with van der Waals surface area (Å²) in [6.45, 7) is 1.60. The predicted molar refractivity (Wildman–Crippen MR) is 66.2 cm³/mol. The molecule has 2 N–H and O–H groups in total. The molecule has 0 spiro atoms. The summed E-state index contributed by atoms with van der Waals surface area (Å²) < 4.78 is 13.1. The van der Waals surface area contributed by atoms with Gasteiger partial charge in [-0.3, -0.25) is 9.59 Å². The highest BCUT2D eigenvalue weighted by Gasteiger charge is 2.10. The van der Waals surface area contributed by atoms with E-state index >= 15 is 0 Å². The van der Waals surface area contributed by atoms with E-state index < -0.39 is 5.91 Å². The van der Waals surface area contributed by atoms with Gasteiger partial charge in [-0.05, 0) is 30.7 Å². The zero-order chi connectivity index (χ0) is 13.1. The number of H-pyrrole nitrogens is 1. The standard InChI is InChI=1S/C13H11FN2O2/c1-8-6-9(2-3-11(8)14)16-13(18)10-7-15-5-4-12(10)17/h2-7H,1H3,(H,15,17)(H,16,18). The van der Waals surface area contributed by atoms with E-state index in [9.17, 15) is 14.0 Å². The van der Waals surface area contributed by atoms with Crippen LogP contribution in [0.5, 0.6) is 0 Å². The third kappa shape index (κ3) is 2.45. The van der Waals surface area contributed by atoms with Gasteiger partial charge < -0.3 is 10.3 Å². The molecule has 1 aromatic heterocycles. The molecule has 0 saturated heterocycles. The molecule has 0 radical (unpaired) electrons. The van der Waals surface area contributed by atoms with Crippen molar-refractivity contribution in [1.82, 2.24) is 4.98 Å². The zero-order valence-corrected chi connectivity index (χ0v) is 9.66. The first-order chi connectivity index (χ1) is 8.58. The first-order valence-electron chi connectivity index (χ1n) is 5.32. The summed E-state index contributed by atoms with van der Waals surface area (Å²) in [6.07, 6.45) is 2.77. The summed E-state index contributed by atoms with van der Waals surface area (Å²) >= 11 is 0. The summed E-state index contributed by atoms with van der Waals surface area (Å²) in [5, 5.41) is 2.54. The number of amides is 1. The predicted octanol–water partition coefficient (Wildman–Crippen LogP) is 2.07. The van der Waals surface area contributed by atoms with E-state index in [0.29, 0.717) is 11.3 Å². The molecule has 1 aromatic carbocycles. The lowest BCUT2D eigenvalue weighted by atomic mass is 10.2. The number of aromatic nitrogens is 1. The Labute approximate surface area is 102 Å². The molecule has 0 bridgehead atoms. The number of nitrogens with one attached hydrogen (secondary N) is 2. The third-order valence-corrected chi connectivity index (χ3v) is 2.48. The first-order valence-corrected chi connectivity index (χ1v) is 5.32. The van der Waals surface area contributed by atoms with Crippen LogP contribution in [0.3, 0.4) is 0 Å². The highest BCUT2D eigenvalue weighted by molar-refractivity contribution is 6.03. The Balaban J connectivity index is 2.24. The van der Waals surface area contributed by atoms with Crippen molar-refractivity contribution in [3.05, 3.63) is 63.8 Å². The van der Waals surface area contributed by atoms with Gasteiger partial charge >= 0.3 is 0 Å². The Morgan fingerprint density at radius 3 is 2.78 bits per heavy atom. The van der Waals surface area contributed by atoms with E-state index in [1.807, 2.05) is 0 Å². The second kappa shape index (κ2) is 4.83. The van der Waals surface area contributed by atoms with Crippen molar-refractivity contribution in [1.29, 1.82) is 0 Å². The van der Waals surface area contributed by atoms with Crippen LogP contribution in [0.4, 0.5) is 10.1 Å². The molecule has 1 heterocycles. The minimum atomic E-state index is -0.525. The van der Waals surface area contributed by atoms with Crippen LogP contribution in [0.1, 0.15) is 15.9 Å². The molecule has 0 saturated carbocycles. The maximum atomic E-state index is 13.1. The molecule has 2 aromatic rings. The minimum Gasteiger partial charge on any atom is -0.367 e. The Morgan fingerprint density at radius 1 is 1.33 bits per heavy atom. The molecule has 1 amide bonds. The van der Waals surface area contributed by atoms with Crippen LogP contribution in [0.2, 0.25) is 0 Å². The molecule has 0 aliphatic rings. The lowest BCUT2D eigenvalue weighted by Crippen LogP contribution is -2.20. The third-order valence-electron chi connectivity index (χ3n) is 2.48. The fraction of sp³-hybridized carbons (Fsp3) is 0.0769. The number of carbonyl (C=O) groups is 1. The number of pyridine rings is 1. The van der Waals surface area contributed by atoms with Crippen molar-refractivity contribution in [3.63, 3.8) is 0 Å². The van der Waals surface area contributed by atoms with E-state index in [1.165, 1.54) is 36.7 Å². The van der Waals surface area contributed by atoms with E-state index in [1.54, 1.807) is 6.92 Å². The summed E-state index contributed by atoms with van der Waals surface area (Å²) in [7, 11) is 0. The Hall–Kier alpha value is -2.43. The maximum absolute atomic E-state index is 13.1. The van der Waals surface area contributed by atoms with Crippen molar-refractivity contribution in [2.75, 3.05) is 5.32 Å². The fourth-order valence-electron chi connectivity index (χ4n) is 1.51. The Bertz CT molecular complexity index is 649. The quantitative estimate of drug-likeness (QED) is 0.852. The Morgan fingerprint density at radius 2 is 2.11 bits per heavy atom. The number of hydrogen-bond donors (Lipinski definition) is 2. The first kappa shape index (κ1) is 12.0. The summed E-state index contributed by atoms with van der Waals surface area (Å²) in [4.78, 5) is 25.9. The SMILES string of the molecule is Cc1cc(NC(=O)c2c[nH]ccc2=O)ccc1F. The van der Waals surface area contributed by atoms with Crippen LogP contribution in [0, 0.1) is 12.7 Å². The van der Waals surface area contributed by atoms with Crippen LogP contribution in [0.15, 0.2) is 41.5 Å². The summed E-state index contributed by atoms with van der Waals surface area (Å²) in [6, 6.07) is 5.48. The zero-order valence-electron chi connectivity index (χ0n) is 9.66. The molecule has 0 unspecified atom stereocenters. The number of aromatic amines is 1. The van der Waals surface area contributed by atoms with Crippen molar-refractivity contribution < 1.29 is 9.18 Å². The average molecular weight is 246 g/mol. The van der Waals surface area contributed by atoms with Crippen molar-refractivity contribution >= 4 is 11.6 Å². The number of aryl methyl sites for hydroxylation is 1. The van der Waals surface area contributed by atoms with Crippen LogP contribution in [-0.2, 0) is 0 Å². The van der Waals surface area contributed by atoms with E-state index in [-0.39, 0.29) is 16.8 Å². The molecule has 18 heavy (non-hydrogen) atoms.